The topological polar surface area (TPSA) is 37.3 Å². The van der Waals surface area contributed by atoms with Crippen molar-refractivity contribution in [1.82, 2.24) is 0 Å². The highest BCUT2D eigenvalue weighted by molar-refractivity contribution is 5.76. The zero-order valence-corrected chi connectivity index (χ0v) is 7.25. The van der Waals surface area contributed by atoms with E-state index in [1.54, 1.807) is 0 Å². The summed E-state index contributed by atoms with van der Waals surface area (Å²) in [5, 5.41) is 8.06. The average Bonchev–Trinajstić information content (AvgIpc) is 2.17. The number of carboxylic acid groups (broad SMARTS) is 1. The maximum absolute atomic E-state index is 13.0. The normalized spacial score (nSPS) is 13.6. The van der Waals surface area contributed by atoms with Gasteiger partial charge in [0, 0.05) is 0 Å². The smallest absolute Gasteiger partial charge is 0.378 e. The highest BCUT2D eigenvalue weighted by atomic mass is 19.3. The summed E-state index contributed by atoms with van der Waals surface area (Å²) in [5.74, 6) is -7.79. The van der Waals surface area contributed by atoms with E-state index in [9.17, 15) is 22.4 Å². The Bertz CT molecular complexity index is 361. The molecule has 2 nitrogen and oxygen atoms in total. The molecule has 1 aromatic rings. The van der Waals surface area contributed by atoms with Crippen molar-refractivity contribution in [3.8, 4) is 0 Å². The van der Waals surface area contributed by atoms with Gasteiger partial charge in [-0.05, 0) is 17.7 Å². The minimum Gasteiger partial charge on any atom is -0.477 e. The predicted octanol–water partition coefficient (Wildman–Crippen LogP) is 2.56. The van der Waals surface area contributed by atoms with E-state index in [1.165, 1.54) is 0 Å². The molecule has 0 radical (unpaired) electrons. The molecule has 15 heavy (non-hydrogen) atoms. The Balaban J connectivity index is 2.99. The molecule has 0 spiro atoms. The molecule has 1 atom stereocenters. The molecule has 0 aliphatic rings. The van der Waals surface area contributed by atoms with Crippen LogP contribution < -0.4 is 0 Å². The van der Waals surface area contributed by atoms with Crippen LogP contribution in [0, 0.1) is 5.82 Å². The lowest BCUT2D eigenvalue weighted by molar-refractivity contribution is -0.175. The summed E-state index contributed by atoms with van der Waals surface area (Å²) in [7, 11) is 0. The van der Waals surface area contributed by atoms with Gasteiger partial charge in [-0.1, -0.05) is 12.1 Å². The molecule has 0 aliphatic heterocycles. The third-order valence-corrected chi connectivity index (χ3v) is 1.77. The zero-order chi connectivity index (χ0) is 11.6. The molecule has 0 heterocycles. The SMILES string of the molecule is O=C(O)C(F)(F)C(F)c1ccc(F)cc1. The molecule has 0 fully saturated rings. The first-order chi connectivity index (χ1) is 6.85. The van der Waals surface area contributed by atoms with Crippen LogP contribution in [0.3, 0.4) is 0 Å². The van der Waals surface area contributed by atoms with Crippen LogP contribution in [-0.4, -0.2) is 17.0 Å². The molecule has 82 valence electrons. The first-order valence-electron chi connectivity index (χ1n) is 3.86. The Labute approximate surface area is 82.1 Å². The number of carboxylic acids is 1. The fraction of sp³-hybridized carbons (Fsp3) is 0.222. The average molecular weight is 222 g/mol. The van der Waals surface area contributed by atoms with E-state index in [1.807, 2.05) is 0 Å². The van der Waals surface area contributed by atoms with E-state index in [2.05, 4.69) is 0 Å². The molecule has 0 saturated heterocycles. The van der Waals surface area contributed by atoms with E-state index < -0.39 is 29.4 Å². The van der Waals surface area contributed by atoms with Crippen molar-refractivity contribution in [1.29, 1.82) is 0 Å². The first-order valence-corrected chi connectivity index (χ1v) is 3.86. The van der Waals surface area contributed by atoms with Crippen molar-refractivity contribution in [2.75, 3.05) is 0 Å². The Hall–Kier alpha value is -1.59. The zero-order valence-electron chi connectivity index (χ0n) is 7.25. The number of rotatable bonds is 3. The largest absolute Gasteiger partial charge is 0.477 e. The van der Waals surface area contributed by atoms with Gasteiger partial charge >= 0.3 is 11.9 Å². The molecule has 1 aromatic carbocycles. The van der Waals surface area contributed by atoms with Crippen LogP contribution in [0.15, 0.2) is 24.3 Å². The van der Waals surface area contributed by atoms with Crippen LogP contribution in [0.4, 0.5) is 17.6 Å². The monoisotopic (exact) mass is 222 g/mol. The predicted molar refractivity (Wildman–Crippen MR) is 42.8 cm³/mol. The van der Waals surface area contributed by atoms with Gasteiger partial charge in [-0.15, -0.1) is 0 Å². The van der Waals surface area contributed by atoms with Gasteiger partial charge in [0.1, 0.15) is 5.82 Å². The maximum Gasteiger partial charge on any atom is 0.378 e. The highest BCUT2D eigenvalue weighted by Gasteiger charge is 2.49. The molecule has 0 aromatic heterocycles. The summed E-state index contributed by atoms with van der Waals surface area (Å²) in [6.07, 6.45) is -2.99. The quantitative estimate of drug-likeness (QED) is 0.798. The summed E-state index contributed by atoms with van der Waals surface area (Å²) in [6, 6.07) is 3.10. The number of hydrogen-bond donors (Lipinski definition) is 1. The lowest BCUT2D eigenvalue weighted by Gasteiger charge is -2.16. The Morgan fingerprint density at radius 3 is 2.13 bits per heavy atom. The lowest BCUT2D eigenvalue weighted by atomic mass is 10.1. The van der Waals surface area contributed by atoms with Gasteiger partial charge in [-0.2, -0.15) is 8.78 Å². The summed E-state index contributed by atoms with van der Waals surface area (Å²) < 4.78 is 50.7. The summed E-state index contributed by atoms with van der Waals surface area (Å²) in [5.41, 5.74) is -0.580. The fourth-order valence-electron chi connectivity index (χ4n) is 0.949. The highest BCUT2D eigenvalue weighted by Crippen LogP contribution is 2.34. The van der Waals surface area contributed by atoms with Gasteiger partial charge in [0.05, 0.1) is 0 Å². The molecule has 1 rings (SSSR count). The number of carbonyl (C=O) groups is 1. The Morgan fingerprint density at radius 1 is 1.27 bits per heavy atom. The fourth-order valence-corrected chi connectivity index (χ4v) is 0.949. The van der Waals surface area contributed by atoms with Gasteiger partial charge in [-0.3, -0.25) is 0 Å². The molecule has 1 N–H and O–H groups in total. The van der Waals surface area contributed by atoms with E-state index >= 15 is 0 Å². The molecular weight excluding hydrogens is 216 g/mol. The standard InChI is InChI=1S/C9H6F4O2/c10-6-3-1-5(2-4-6)7(11)9(12,13)8(14)15/h1-4,7H,(H,14,15). The first kappa shape index (κ1) is 11.5. The van der Waals surface area contributed by atoms with Crippen molar-refractivity contribution < 1.29 is 27.5 Å². The van der Waals surface area contributed by atoms with Crippen LogP contribution >= 0.6 is 0 Å². The Kier molecular flexibility index (Phi) is 2.97. The molecular formula is C9H6F4O2. The third-order valence-electron chi connectivity index (χ3n) is 1.77. The molecule has 0 bridgehead atoms. The lowest BCUT2D eigenvalue weighted by Crippen LogP contribution is -2.33. The van der Waals surface area contributed by atoms with E-state index in [-0.39, 0.29) is 0 Å². The van der Waals surface area contributed by atoms with Crippen molar-refractivity contribution in [3.05, 3.63) is 35.6 Å². The van der Waals surface area contributed by atoms with Crippen LogP contribution in [0.5, 0.6) is 0 Å². The summed E-state index contributed by atoms with van der Waals surface area (Å²) >= 11 is 0. The van der Waals surface area contributed by atoms with Crippen molar-refractivity contribution >= 4 is 5.97 Å². The molecule has 0 amide bonds. The molecule has 0 aliphatic carbocycles. The van der Waals surface area contributed by atoms with Crippen LogP contribution in [0.1, 0.15) is 11.7 Å². The Morgan fingerprint density at radius 2 is 1.73 bits per heavy atom. The van der Waals surface area contributed by atoms with Crippen molar-refractivity contribution in [2.45, 2.75) is 12.1 Å². The van der Waals surface area contributed by atoms with E-state index in [0.717, 1.165) is 24.3 Å². The van der Waals surface area contributed by atoms with E-state index in [4.69, 9.17) is 5.11 Å². The van der Waals surface area contributed by atoms with Crippen molar-refractivity contribution in [2.24, 2.45) is 0 Å². The minimum atomic E-state index is -4.52. The maximum atomic E-state index is 13.0. The van der Waals surface area contributed by atoms with Gasteiger partial charge < -0.3 is 5.11 Å². The number of alkyl halides is 3. The van der Waals surface area contributed by atoms with Gasteiger partial charge in [0.25, 0.3) is 0 Å². The van der Waals surface area contributed by atoms with Gasteiger partial charge in [-0.25, -0.2) is 13.6 Å². The molecule has 1 unspecified atom stereocenters. The number of hydrogen-bond acceptors (Lipinski definition) is 1. The van der Waals surface area contributed by atoms with Gasteiger partial charge in [0.2, 0.25) is 0 Å². The van der Waals surface area contributed by atoms with Crippen LogP contribution in [-0.2, 0) is 4.79 Å². The second kappa shape index (κ2) is 3.88. The third kappa shape index (κ3) is 2.26. The van der Waals surface area contributed by atoms with E-state index in [0.29, 0.717) is 0 Å². The molecule has 6 heteroatoms. The number of aliphatic carboxylic acids is 1. The van der Waals surface area contributed by atoms with Crippen molar-refractivity contribution in [3.63, 3.8) is 0 Å². The number of benzene rings is 1. The second-order valence-electron chi connectivity index (χ2n) is 2.84. The van der Waals surface area contributed by atoms with Gasteiger partial charge in [0.15, 0.2) is 6.17 Å². The summed E-state index contributed by atoms with van der Waals surface area (Å²) in [4.78, 5) is 10.0. The van der Waals surface area contributed by atoms with Crippen LogP contribution in [0.25, 0.3) is 0 Å². The minimum absolute atomic E-state index is 0.580. The summed E-state index contributed by atoms with van der Waals surface area (Å²) in [6.45, 7) is 0. The molecule has 0 saturated carbocycles. The number of halogens is 4. The second-order valence-corrected chi connectivity index (χ2v) is 2.84. The van der Waals surface area contributed by atoms with Crippen LogP contribution in [0.2, 0.25) is 0 Å².